The van der Waals surface area contributed by atoms with Crippen molar-refractivity contribution in [2.24, 2.45) is 0 Å². The molecule has 1 aromatic rings. The Bertz CT molecular complexity index is 305. The van der Waals surface area contributed by atoms with Crippen molar-refractivity contribution in [2.45, 2.75) is 45.7 Å². The van der Waals surface area contributed by atoms with Crippen LogP contribution in [0.5, 0.6) is 0 Å². The molecule has 0 spiro atoms. The summed E-state index contributed by atoms with van der Waals surface area (Å²) in [5.74, 6) is 2.21. The maximum Gasteiger partial charge on any atom is 0.133 e. The number of nitrogens with one attached hydrogen (secondary N) is 1. The monoisotopic (exact) mass is 194 g/mol. The second-order valence-electron chi connectivity index (χ2n) is 3.90. The predicted octanol–water partition coefficient (Wildman–Crippen LogP) is 0.901. The molecule has 1 aliphatic rings. The van der Waals surface area contributed by atoms with E-state index >= 15 is 0 Å². The molecule has 0 radical (unpaired) electrons. The number of aryl methyl sites for hydroxylation is 2. The molecule has 1 unspecified atom stereocenters. The van der Waals surface area contributed by atoms with Crippen LogP contribution in [0.2, 0.25) is 0 Å². The summed E-state index contributed by atoms with van der Waals surface area (Å²) in [6.07, 6.45) is 3.43. The maximum atomic E-state index is 4.20. The summed E-state index contributed by atoms with van der Waals surface area (Å²) in [7, 11) is 0. The molecule has 14 heavy (non-hydrogen) atoms. The fraction of sp³-hybridized carbons (Fsp3) is 0.800. The third-order valence-corrected chi connectivity index (χ3v) is 2.92. The summed E-state index contributed by atoms with van der Waals surface area (Å²) in [5.41, 5.74) is 0. The molecule has 0 aliphatic carbocycles. The molecular formula is C10H18N4. The minimum atomic E-state index is 0.654. The average Bonchev–Trinajstić information content (AvgIpc) is 2.42. The van der Waals surface area contributed by atoms with Gasteiger partial charge >= 0.3 is 0 Å². The van der Waals surface area contributed by atoms with E-state index in [4.69, 9.17) is 0 Å². The zero-order valence-corrected chi connectivity index (χ0v) is 8.95. The zero-order valence-electron chi connectivity index (χ0n) is 8.95. The van der Waals surface area contributed by atoms with Gasteiger partial charge in [-0.05, 0) is 26.3 Å². The molecule has 2 heterocycles. The minimum absolute atomic E-state index is 0.654. The van der Waals surface area contributed by atoms with Crippen molar-refractivity contribution < 1.29 is 0 Å². The Balaban J connectivity index is 2.07. The van der Waals surface area contributed by atoms with Crippen LogP contribution in [0.4, 0.5) is 0 Å². The van der Waals surface area contributed by atoms with Crippen LogP contribution >= 0.6 is 0 Å². The van der Waals surface area contributed by atoms with Crippen molar-refractivity contribution >= 4 is 0 Å². The fourth-order valence-corrected chi connectivity index (χ4v) is 2.13. The molecule has 4 heteroatoms. The third-order valence-electron chi connectivity index (χ3n) is 2.92. The molecule has 1 aliphatic heterocycles. The summed E-state index contributed by atoms with van der Waals surface area (Å²) >= 11 is 0. The van der Waals surface area contributed by atoms with E-state index in [0.29, 0.717) is 6.04 Å². The standard InChI is InChI=1S/C10H18N4/c1-3-11-9-4-5-10-13-12-8(2)14(10)7-6-9/h9,11H,3-7H2,1-2H3. The van der Waals surface area contributed by atoms with Crippen LogP contribution in [0.15, 0.2) is 0 Å². The summed E-state index contributed by atoms with van der Waals surface area (Å²) in [6, 6.07) is 0.654. The van der Waals surface area contributed by atoms with Crippen LogP contribution in [-0.2, 0) is 13.0 Å². The topological polar surface area (TPSA) is 42.7 Å². The van der Waals surface area contributed by atoms with Gasteiger partial charge in [0.05, 0.1) is 0 Å². The van der Waals surface area contributed by atoms with E-state index in [1.165, 1.54) is 12.8 Å². The Labute approximate surface area is 84.7 Å². The van der Waals surface area contributed by atoms with Gasteiger partial charge in [0.15, 0.2) is 0 Å². The third kappa shape index (κ3) is 1.80. The summed E-state index contributed by atoms with van der Waals surface area (Å²) in [6.45, 7) is 6.32. The summed E-state index contributed by atoms with van der Waals surface area (Å²) in [5, 5.41) is 11.8. The highest BCUT2D eigenvalue weighted by Gasteiger charge is 2.17. The zero-order chi connectivity index (χ0) is 9.97. The molecule has 1 N–H and O–H groups in total. The lowest BCUT2D eigenvalue weighted by atomic mass is 10.1. The van der Waals surface area contributed by atoms with E-state index in [1.54, 1.807) is 0 Å². The van der Waals surface area contributed by atoms with Crippen LogP contribution < -0.4 is 5.32 Å². The van der Waals surface area contributed by atoms with Crippen LogP contribution in [0.3, 0.4) is 0 Å². The molecule has 0 saturated carbocycles. The fourth-order valence-electron chi connectivity index (χ4n) is 2.13. The quantitative estimate of drug-likeness (QED) is 0.760. The van der Waals surface area contributed by atoms with E-state index in [-0.39, 0.29) is 0 Å². The molecule has 4 nitrogen and oxygen atoms in total. The maximum absolute atomic E-state index is 4.20. The van der Waals surface area contributed by atoms with Crippen LogP contribution in [-0.4, -0.2) is 27.4 Å². The van der Waals surface area contributed by atoms with Crippen LogP contribution in [0, 0.1) is 6.92 Å². The van der Waals surface area contributed by atoms with E-state index in [0.717, 1.165) is 31.2 Å². The van der Waals surface area contributed by atoms with Gasteiger partial charge in [0.2, 0.25) is 0 Å². The van der Waals surface area contributed by atoms with Crippen molar-refractivity contribution in [1.29, 1.82) is 0 Å². The van der Waals surface area contributed by atoms with E-state index in [9.17, 15) is 0 Å². The Morgan fingerprint density at radius 3 is 3.07 bits per heavy atom. The molecule has 0 aromatic carbocycles. The highest BCUT2D eigenvalue weighted by molar-refractivity contribution is 4.97. The molecule has 0 fully saturated rings. The van der Waals surface area contributed by atoms with Gasteiger partial charge in [-0.1, -0.05) is 6.92 Å². The smallest absolute Gasteiger partial charge is 0.133 e. The van der Waals surface area contributed by atoms with Crippen LogP contribution in [0.25, 0.3) is 0 Å². The van der Waals surface area contributed by atoms with E-state index in [1.807, 2.05) is 6.92 Å². The Kier molecular flexibility index (Phi) is 2.82. The van der Waals surface area contributed by atoms with E-state index in [2.05, 4.69) is 27.0 Å². The molecule has 0 bridgehead atoms. The number of aromatic nitrogens is 3. The lowest BCUT2D eigenvalue weighted by Crippen LogP contribution is -2.29. The van der Waals surface area contributed by atoms with Gasteiger partial charge in [-0.3, -0.25) is 0 Å². The Hall–Kier alpha value is -0.900. The second kappa shape index (κ2) is 4.09. The van der Waals surface area contributed by atoms with Crippen molar-refractivity contribution in [3.63, 3.8) is 0 Å². The van der Waals surface area contributed by atoms with Gasteiger partial charge in [-0.25, -0.2) is 0 Å². The highest BCUT2D eigenvalue weighted by Crippen LogP contribution is 2.14. The molecule has 1 atom stereocenters. The molecule has 0 saturated heterocycles. The first-order valence-electron chi connectivity index (χ1n) is 5.43. The van der Waals surface area contributed by atoms with Crippen molar-refractivity contribution in [2.75, 3.05) is 6.54 Å². The number of fused-ring (bicyclic) bond motifs is 1. The highest BCUT2D eigenvalue weighted by atomic mass is 15.3. The van der Waals surface area contributed by atoms with Gasteiger partial charge in [0.25, 0.3) is 0 Å². The lowest BCUT2D eigenvalue weighted by Gasteiger charge is -2.13. The van der Waals surface area contributed by atoms with Gasteiger partial charge in [-0.2, -0.15) is 0 Å². The number of nitrogens with zero attached hydrogens (tertiary/aromatic N) is 3. The Morgan fingerprint density at radius 1 is 1.43 bits per heavy atom. The SMILES string of the molecule is CCNC1CCc2nnc(C)n2CC1. The number of rotatable bonds is 2. The predicted molar refractivity (Wildman–Crippen MR) is 55.2 cm³/mol. The average molecular weight is 194 g/mol. The summed E-state index contributed by atoms with van der Waals surface area (Å²) in [4.78, 5) is 0. The molecule has 78 valence electrons. The first kappa shape index (κ1) is 9.65. The molecular weight excluding hydrogens is 176 g/mol. The molecule has 0 amide bonds. The molecule has 2 rings (SSSR count). The van der Waals surface area contributed by atoms with Crippen molar-refractivity contribution in [3.8, 4) is 0 Å². The minimum Gasteiger partial charge on any atom is -0.315 e. The molecule has 1 aromatic heterocycles. The van der Waals surface area contributed by atoms with Gasteiger partial charge in [0, 0.05) is 19.0 Å². The normalized spacial score (nSPS) is 21.7. The van der Waals surface area contributed by atoms with Gasteiger partial charge < -0.3 is 9.88 Å². The largest absolute Gasteiger partial charge is 0.315 e. The second-order valence-corrected chi connectivity index (χ2v) is 3.90. The van der Waals surface area contributed by atoms with Gasteiger partial charge in [-0.15, -0.1) is 10.2 Å². The van der Waals surface area contributed by atoms with E-state index < -0.39 is 0 Å². The van der Waals surface area contributed by atoms with Gasteiger partial charge in [0.1, 0.15) is 11.6 Å². The Morgan fingerprint density at radius 2 is 2.29 bits per heavy atom. The van der Waals surface area contributed by atoms with Crippen molar-refractivity contribution in [3.05, 3.63) is 11.6 Å². The summed E-state index contributed by atoms with van der Waals surface area (Å²) < 4.78 is 2.25. The number of hydrogen-bond acceptors (Lipinski definition) is 3. The first-order chi connectivity index (χ1) is 6.81. The van der Waals surface area contributed by atoms with Crippen LogP contribution in [0.1, 0.15) is 31.4 Å². The number of hydrogen-bond donors (Lipinski definition) is 1. The van der Waals surface area contributed by atoms with Crippen molar-refractivity contribution in [1.82, 2.24) is 20.1 Å². The first-order valence-corrected chi connectivity index (χ1v) is 5.43. The lowest BCUT2D eigenvalue weighted by molar-refractivity contribution is 0.457.